The van der Waals surface area contributed by atoms with Gasteiger partial charge in [-0.05, 0) is 37.1 Å². The maximum absolute atomic E-state index is 4.43. The van der Waals surface area contributed by atoms with Crippen LogP contribution >= 0.6 is 0 Å². The maximum atomic E-state index is 4.43. The van der Waals surface area contributed by atoms with Crippen molar-refractivity contribution >= 4 is 0 Å². The van der Waals surface area contributed by atoms with Crippen LogP contribution in [0, 0.1) is 13.8 Å². The molecule has 0 amide bonds. The van der Waals surface area contributed by atoms with Crippen LogP contribution in [0.15, 0.2) is 49.4 Å². The second-order valence-electron chi connectivity index (χ2n) is 4.78. The molecule has 0 aliphatic carbocycles. The monoisotopic (exact) mass is 252 g/mol. The first-order valence-corrected chi connectivity index (χ1v) is 6.28. The van der Waals surface area contributed by atoms with Gasteiger partial charge in [0.2, 0.25) is 0 Å². The largest absolute Gasteiger partial charge is 0.331 e. The van der Waals surface area contributed by atoms with Crippen LogP contribution in [0.2, 0.25) is 0 Å². The summed E-state index contributed by atoms with van der Waals surface area (Å²) in [5.41, 5.74) is 4.77. The topological polar surface area (TPSA) is 35.6 Å². The minimum atomic E-state index is 0.748. The molecule has 0 bridgehead atoms. The number of imidazole rings is 2. The van der Waals surface area contributed by atoms with Gasteiger partial charge in [0.25, 0.3) is 0 Å². The lowest BCUT2D eigenvalue weighted by molar-refractivity contribution is 0.778. The molecule has 2 aromatic heterocycles. The first-order chi connectivity index (χ1) is 9.22. The summed E-state index contributed by atoms with van der Waals surface area (Å²) in [6, 6.07) is 6.43. The highest BCUT2D eigenvalue weighted by atomic mass is 15.1. The molecular weight excluding hydrogens is 236 g/mol. The normalized spacial score (nSPS) is 10.8. The van der Waals surface area contributed by atoms with E-state index in [2.05, 4.69) is 52.8 Å². The number of hydrogen-bond acceptors (Lipinski definition) is 2. The lowest BCUT2D eigenvalue weighted by Gasteiger charge is -2.05. The third kappa shape index (κ3) is 2.42. The van der Waals surface area contributed by atoms with E-state index < -0.39 is 0 Å². The third-order valence-electron chi connectivity index (χ3n) is 3.33. The zero-order valence-electron chi connectivity index (χ0n) is 11.1. The molecule has 0 N–H and O–H groups in total. The molecule has 0 saturated heterocycles. The van der Waals surface area contributed by atoms with E-state index in [9.17, 15) is 0 Å². The van der Waals surface area contributed by atoms with Crippen LogP contribution in [0.4, 0.5) is 0 Å². The predicted octanol–water partition coefficient (Wildman–Crippen LogP) is 2.73. The van der Waals surface area contributed by atoms with E-state index >= 15 is 0 Å². The molecular formula is C15H16N4. The Balaban J connectivity index is 1.86. The minimum absolute atomic E-state index is 0.748. The van der Waals surface area contributed by atoms with Crippen LogP contribution in [0.5, 0.6) is 0 Å². The first kappa shape index (κ1) is 11.7. The second kappa shape index (κ2) is 4.72. The van der Waals surface area contributed by atoms with Crippen LogP contribution < -0.4 is 0 Å². The summed E-state index contributed by atoms with van der Waals surface area (Å²) in [5.74, 6) is 0. The van der Waals surface area contributed by atoms with Crippen molar-refractivity contribution < 1.29 is 0 Å². The van der Waals surface area contributed by atoms with Gasteiger partial charge in [0.15, 0.2) is 0 Å². The van der Waals surface area contributed by atoms with Gasteiger partial charge in [-0.25, -0.2) is 9.97 Å². The lowest BCUT2D eigenvalue weighted by Crippen LogP contribution is -1.96. The van der Waals surface area contributed by atoms with Crippen molar-refractivity contribution in [1.29, 1.82) is 0 Å². The van der Waals surface area contributed by atoms with E-state index in [4.69, 9.17) is 0 Å². The first-order valence-electron chi connectivity index (χ1n) is 6.28. The molecule has 0 aliphatic rings. The summed E-state index contributed by atoms with van der Waals surface area (Å²) in [4.78, 5) is 8.47. The number of aromatic nitrogens is 4. The van der Waals surface area contributed by atoms with E-state index in [1.54, 1.807) is 12.5 Å². The van der Waals surface area contributed by atoms with Gasteiger partial charge in [-0.15, -0.1) is 0 Å². The fraction of sp³-hybridized carbons (Fsp3) is 0.200. The van der Waals surface area contributed by atoms with E-state index in [-0.39, 0.29) is 0 Å². The van der Waals surface area contributed by atoms with Gasteiger partial charge in [-0.3, -0.25) is 0 Å². The minimum Gasteiger partial charge on any atom is -0.331 e. The highest BCUT2D eigenvalue weighted by molar-refractivity contribution is 5.39. The summed E-state index contributed by atoms with van der Waals surface area (Å²) < 4.78 is 4.06. The average molecular weight is 252 g/mol. The SMILES string of the molecule is Cc1ccc(-n2cnc(Cn3ccnc3)c2)cc1C. The Kier molecular flexibility index (Phi) is 2.91. The molecule has 3 rings (SSSR count). The van der Waals surface area contributed by atoms with Gasteiger partial charge in [-0.2, -0.15) is 0 Å². The Morgan fingerprint density at radius 3 is 2.74 bits per heavy atom. The van der Waals surface area contributed by atoms with Crippen molar-refractivity contribution in [3.05, 3.63) is 66.3 Å². The quantitative estimate of drug-likeness (QED) is 0.718. The molecule has 0 aliphatic heterocycles. The van der Waals surface area contributed by atoms with Gasteiger partial charge < -0.3 is 9.13 Å². The predicted molar refractivity (Wildman–Crippen MR) is 74.4 cm³/mol. The van der Waals surface area contributed by atoms with Gasteiger partial charge in [0.1, 0.15) is 0 Å². The molecule has 0 unspecified atom stereocenters. The Morgan fingerprint density at radius 2 is 2.00 bits per heavy atom. The van der Waals surface area contributed by atoms with Gasteiger partial charge in [0, 0.05) is 24.3 Å². The number of benzene rings is 1. The molecule has 19 heavy (non-hydrogen) atoms. The molecule has 3 aromatic rings. The fourth-order valence-corrected chi connectivity index (χ4v) is 2.04. The Labute approximate surface area is 112 Å². The molecule has 0 atom stereocenters. The van der Waals surface area contributed by atoms with Crippen LogP contribution in [0.25, 0.3) is 5.69 Å². The van der Waals surface area contributed by atoms with Gasteiger partial charge in [0.05, 0.1) is 24.9 Å². The molecule has 0 radical (unpaired) electrons. The summed E-state index contributed by atoms with van der Waals surface area (Å²) in [6.07, 6.45) is 9.44. The van der Waals surface area contributed by atoms with Crippen LogP contribution in [0.3, 0.4) is 0 Å². The summed E-state index contributed by atoms with van der Waals surface area (Å²) in [6.45, 7) is 5.00. The maximum Gasteiger partial charge on any atom is 0.0996 e. The molecule has 96 valence electrons. The smallest absolute Gasteiger partial charge is 0.0996 e. The van der Waals surface area contributed by atoms with E-state index in [1.165, 1.54) is 11.1 Å². The standard InChI is InChI=1S/C15H16N4/c1-12-3-4-15(7-13(12)2)19-9-14(17-11-19)8-18-6-5-16-10-18/h3-7,9-11H,8H2,1-2H3. The van der Waals surface area contributed by atoms with E-state index in [1.807, 2.05) is 17.1 Å². The Bertz CT molecular complexity index is 680. The summed E-state index contributed by atoms with van der Waals surface area (Å²) in [5, 5.41) is 0. The Hall–Kier alpha value is -2.36. The van der Waals surface area contributed by atoms with Gasteiger partial charge >= 0.3 is 0 Å². The molecule has 0 spiro atoms. The molecule has 0 fully saturated rings. The van der Waals surface area contributed by atoms with Crippen molar-refractivity contribution in [2.75, 3.05) is 0 Å². The highest BCUT2D eigenvalue weighted by Gasteiger charge is 2.03. The van der Waals surface area contributed by atoms with Crippen molar-refractivity contribution in [3.8, 4) is 5.69 Å². The van der Waals surface area contributed by atoms with Crippen molar-refractivity contribution in [2.24, 2.45) is 0 Å². The van der Waals surface area contributed by atoms with Crippen molar-refractivity contribution in [3.63, 3.8) is 0 Å². The lowest BCUT2D eigenvalue weighted by atomic mass is 10.1. The van der Waals surface area contributed by atoms with E-state index in [0.29, 0.717) is 0 Å². The average Bonchev–Trinajstić information content (AvgIpc) is 3.05. The number of rotatable bonds is 3. The van der Waals surface area contributed by atoms with E-state index in [0.717, 1.165) is 17.9 Å². The third-order valence-corrected chi connectivity index (χ3v) is 3.33. The van der Waals surface area contributed by atoms with Gasteiger partial charge in [-0.1, -0.05) is 6.07 Å². The highest BCUT2D eigenvalue weighted by Crippen LogP contribution is 2.14. The Morgan fingerprint density at radius 1 is 1.11 bits per heavy atom. The second-order valence-corrected chi connectivity index (χ2v) is 4.78. The zero-order valence-corrected chi connectivity index (χ0v) is 11.1. The van der Waals surface area contributed by atoms with Crippen LogP contribution in [0.1, 0.15) is 16.8 Å². The zero-order chi connectivity index (χ0) is 13.2. The number of hydrogen-bond donors (Lipinski definition) is 0. The molecule has 2 heterocycles. The number of nitrogens with zero attached hydrogens (tertiary/aromatic N) is 4. The van der Waals surface area contributed by atoms with Crippen LogP contribution in [-0.2, 0) is 6.54 Å². The van der Waals surface area contributed by atoms with Crippen molar-refractivity contribution in [1.82, 2.24) is 19.1 Å². The van der Waals surface area contributed by atoms with Crippen molar-refractivity contribution in [2.45, 2.75) is 20.4 Å². The summed E-state index contributed by atoms with van der Waals surface area (Å²) >= 11 is 0. The molecule has 4 heteroatoms. The molecule has 4 nitrogen and oxygen atoms in total. The summed E-state index contributed by atoms with van der Waals surface area (Å²) in [7, 11) is 0. The molecule has 1 aromatic carbocycles. The number of aryl methyl sites for hydroxylation is 2. The molecule has 0 saturated carbocycles. The fourth-order valence-electron chi connectivity index (χ4n) is 2.04. The van der Waals surface area contributed by atoms with Crippen LogP contribution in [-0.4, -0.2) is 19.1 Å².